The summed E-state index contributed by atoms with van der Waals surface area (Å²) in [5, 5.41) is 22.8. The smallest absolute Gasteiger partial charge is 0.239 e. The van der Waals surface area contributed by atoms with Crippen LogP contribution in [0.25, 0.3) is 17.3 Å². The lowest BCUT2D eigenvalue weighted by Crippen LogP contribution is -2.27. The molecule has 0 aliphatic rings. The van der Waals surface area contributed by atoms with E-state index in [9.17, 15) is 27.8 Å². The highest BCUT2D eigenvalue weighted by molar-refractivity contribution is 7.92. The van der Waals surface area contributed by atoms with Gasteiger partial charge in [-0.3, -0.25) is 4.79 Å². The Morgan fingerprint density at radius 1 is 1.21 bits per heavy atom. The minimum absolute atomic E-state index is 0.0378. The van der Waals surface area contributed by atoms with E-state index in [0.717, 1.165) is 10.6 Å². The van der Waals surface area contributed by atoms with E-state index < -0.39 is 28.0 Å². The molecule has 11 heteroatoms. The van der Waals surface area contributed by atoms with Crippen molar-refractivity contribution in [3.8, 4) is 11.3 Å². The molecule has 2 rings (SSSR count). The van der Waals surface area contributed by atoms with Crippen molar-refractivity contribution in [1.29, 1.82) is 0 Å². The molecule has 0 radical (unpaired) electrons. The highest BCUT2D eigenvalue weighted by Crippen LogP contribution is 2.31. The van der Waals surface area contributed by atoms with Crippen LogP contribution < -0.4 is 9.62 Å². The number of rotatable bonds is 10. The number of carbonyl (C=O) groups excluding carboxylic acids is 1. The van der Waals surface area contributed by atoms with E-state index in [0.29, 0.717) is 22.5 Å². The fourth-order valence-corrected chi connectivity index (χ4v) is 3.54. The van der Waals surface area contributed by atoms with Gasteiger partial charge in [-0.05, 0) is 30.2 Å². The van der Waals surface area contributed by atoms with Crippen LogP contribution in [0.4, 0.5) is 10.3 Å². The Labute approximate surface area is 199 Å². The summed E-state index contributed by atoms with van der Waals surface area (Å²) in [5.41, 5.74) is 1.93. The highest BCUT2D eigenvalue weighted by atomic mass is 32.2. The van der Waals surface area contributed by atoms with Crippen LogP contribution >= 0.6 is 0 Å². The Hall–Kier alpha value is -2.89. The average molecular weight is 495 g/mol. The Bertz CT molecular complexity index is 1140. The Morgan fingerprint density at radius 2 is 1.82 bits per heavy atom. The molecule has 0 spiro atoms. The lowest BCUT2D eigenvalue weighted by atomic mass is 9.97. The summed E-state index contributed by atoms with van der Waals surface area (Å²) in [6.07, 6.45) is 1.76. The number of halogens is 1. The fourth-order valence-electron chi connectivity index (χ4n) is 3.16. The van der Waals surface area contributed by atoms with Crippen LogP contribution in [0, 0.1) is 5.82 Å². The number of aromatic nitrogens is 2. The van der Waals surface area contributed by atoms with E-state index >= 15 is 0 Å². The molecule has 1 amide bonds. The minimum Gasteiger partial charge on any atom is -0.392 e. The predicted octanol–water partition coefficient (Wildman–Crippen LogP) is 2.06. The molecule has 1 aromatic heterocycles. The van der Waals surface area contributed by atoms with Crippen LogP contribution in [0.1, 0.15) is 43.9 Å². The SMILES string of the molecule is CNC(=O)CC(O)CC(O)/C=C/c1c(-c2ccc(F)cc2)nc(N(C)S(C)(=O)=O)nc1C(C)C. The summed E-state index contributed by atoms with van der Waals surface area (Å²) in [6, 6.07) is 5.58. The van der Waals surface area contributed by atoms with E-state index in [-0.39, 0.29) is 30.6 Å². The Morgan fingerprint density at radius 3 is 2.35 bits per heavy atom. The number of sulfonamides is 1. The second kappa shape index (κ2) is 11.5. The zero-order valence-corrected chi connectivity index (χ0v) is 20.7. The number of amides is 1. The van der Waals surface area contributed by atoms with Crippen LogP contribution in [0.5, 0.6) is 0 Å². The molecule has 2 atom stereocenters. The molecule has 0 bridgehead atoms. The maximum atomic E-state index is 13.5. The molecule has 0 saturated heterocycles. The van der Waals surface area contributed by atoms with E-state index in [1.807, 2.05) is 13.8 Å². The molecule has 0 saturated carbocycles. The summed E-state index contributed by atoms with van der Waals surface area (Å²) in [5.74, 6) is -0.967. The van der Waals surface area contributed by atoms with Gasteiger partial charge in [0.2, 0.25) is 21.9 Å². The topological polar surface area (TPSA) is 133 Å². The van der Waals surface area contributed by atoms with Gasteiger partial charge in [0.1, 0.15) is 5.82 Å². The maximum absolute atomic E-state index is 13.5. The van der Waals surface area contributed by atoms with E-state index in [1.54, 1.807) is 6.08 Å². The third kappa shape index (κ3) is 7.31. The zero-order chi connectivity index (χ0) is 25.6. The van der Waals surface area contributed by atoms with Crippen molar-refractivity contribution in [1.82, 2.24) is 15.3 Å². The first kappa shape index (κ1) is 27.4. The standard InChI is InChI=1S/C23H31FN4O5S/c1-14(2)21-19(11-10-17(29)12-18(30)13-20(31)25-3)22(15-6-8-16(24)9-7-15)27-23(26-21)28(4)34(5,32)33/h6-11,14,17-18,29-30H,12-13H2,1-5H3,(H,25,31)/b11-10+. The number of nitrogens with one attached hydrogen (secondary N) is 1. The van der Waals surface area contributed by atoms with Gasteiger partial charge in [-0.25, -0.2) is 27.1 Å². The molecule has 9 nitrogen and oxygen atoms in total. The van der Waals surface area contributed by atoms with Gasteiger partial charge in [0, 0.05) is 31.6 Å². The van der Waals surface area contributed by atoms with Crippen LogP contribution in [-0.2, 0) is 14.8 Å². The first-order valence-corrected chi connectivity index (χ1v) is 12.5. The van der Waals surface area contributed by atoms with Gasteiger partial charge in [0.05, 0.1) is 36.3 Å². The number of aliphatic hydroxyl groups excluding tert-OH is 2. The molecule has 0 aliphatic heterocycles. The molecule has 2 aromatic rings. The average Bonchev–Trinajstić information content (AvgIpc) is 2.76. The first-order valence-electron chi connectivity index (χ1n) is 10.7. The third-order valence-corrected chi connectivity index (χ3v) is 6.26. The summed E-state index contributed by atoms with van der Waals surface area (Å²) in [6.45, 7) is 3.75. The molecule has 1 aromatic carbocycles. The lowest BCUT2D eigenvalue weighted by Gasteiger charge is -2.20. The largest absolute Gasteiger partial charge is 0.392 e. The molecular formula is C23H31FN4O5S. The number of hydrogen-bond donors (Lipinski definition) is 3. The zero-order valence-electron chi connectivity index (χ0n) is 19.9. The van der Waals surface area contributed by atoms with Crippen LogP contribution in [0.2, 0.25) is 0 Å². The number of anilines is 1. The van der Waals surface area contributed by atoms with Crippen molar-refractivity contribution in [2.45, 2.75) is 44.8 Å². The quantitative estimate of drug-likeness (QED) is 0.460. The Balaban J connectivity index is 2.57. The van der Waals surface area contributed by atoms with Crippen LogP contribution in [0.15, 0.2) is 30.3 Å². The summed E-state index contributed by atoms with van der Waals surface area (Å²) < 4.78 is 38.7. The number of hydrogen-bond acceptors (Lipinski definition) is 7. The molecule has 0 aliphatic carbocycles. The molecule has 3 N–H and O–H groups in total. The molecule has 186 valence electrons. The van der Waals surface area contributed by atoms with Gasteiger partial charge >= 0.3 is 0 Å². The van der Waals surface area contributed by atoms with Gasteiger partial charge in [0.25, 0.3) is 0 Å². The first-order chi connectivity index (χ1) is 15.8. The second-order valence-corrected chi connectivity index (χ2v) is 10.3. The minimum atomic E-state index is -3.64. The summed E-state index contributed by atoms with van der Waals surface area (Å²) in [4.78, 5) is 20.3. The number of benzene rings is 1. The number of carbonyl (C=O) groups is 1. The fraction of sp³-hybridized carbons (Fsp3) is 0.435. The van der Waals surface area contributed by atoms with Crippen LogP contribution in [-0.4, -0.2) is 67.1 Å². The van der Waals surface area contributed by atoms with Crippen molar-refractivity contribution < 1.29 is 27.8 Å². The van der Waals surface area contributed by atoms with E-state index in [4.69, 9.17) is 0 Å². The molecule has 0 fully saturated rings. The van der Waals surface area contributed by atoms with E-state index in [2.05, 4.69) is 15.3 Å². The number of nitrogens with zero attached hydrogens (tertiary/aromatic N) is 3. The van der Waals surface area contributed by atoms with Gasteiger partial charge in [0.15, 0.2) is 0 Å². The van der Waals surface area contributed by atoms with Crippen molar-refractivity contribution in [2.24, 2.45) is 0 Å². The maximum Gasteiger partial charge on any atom is 0.239 e. The van der Waals surface area contributed by atoms with Crippen LogP contribution in [0.3, 0.4) is 0 Å². The van der Waals surface area contributed by atoms with Crippen molar-refractivity contribution in [3.05, 3.63) is 47.4 Å². The second-order valence-electron chi connectivity index (χ2n) is 8.26. The van der Waals surface area contributed by atoms with Gasteiger partial charge in [-0.2, -0.15) is 0 Å². The summed E-state index contributed by atoms with van der Waals surface area (Å²) >= 11 is 0. The summed E-state index contributed by atoms with van der Waals surface area (Å²) in [7, 11) is -0.836. The third-order valence-electron chi connectivity index (χ3n) is 5.11. The van der Waals surface area contributed by atoms with Gasteiger partial charge in [-0.1, -0.05) is 26.0 Å². The van der Waals surface area contributed by atoms with Crippen molar-refractivity contribution in [2.75, 3.05) is 24.7 Å². The Kier molecular flexibility index (Phi) is 9.25. The van der Waals surface area contributed by atoms with Gasteiger partial charge in [-0.15, -0.1) is 0 Å². The molecular weight excluding hydrogens is 463 g/mol. The van der Waals surface area contributed by atoms with Crippen molar-refractivity contribution in [3.63, 3.8) is 0 Å². The van der Waals surface area contributed by atoms with Gasteiger partial charge < -0.3 is 15.5 Å². The molecule has 2 unspecified atom stereocenters. The molecule has 1 heterocycles. The molecule has 34 heavy (non-hydrogen) atoms. The normalized spacial score (nSPS) is 13.8. The van der Waals surface area contributed by atoms with Crippen molar-refractivity contribution >= 4 is 28.0 Å². The monoisotopic (exact) mass is 494 g/mol. The number of aliphatic hydroxyl groups is 2. The van der Waals surface area contributed by atoms with E-state index in [1.165, 1.54) is 44.4 Å². The highest BCUT2D eigenvalue weighted by Gasteiger charge is 2.22. The lowest BCUT2D eigenvalue weighted by molar-refractivity contribution is -0.122. The predicted molar refractivity (Wildman–Crippen MR) is 129 cm³/mol.